The SMILES string of the molecule is CCC[C@@H]1OC(C)(C)O[C@@H](c2ccccc2)[C@H]1CO. The van der Waals surface area contributed by atoms with Gasteiger partial charge in [-0.05, 0) is 25.8 Å². The molecule has 1 heterocycles. The third-order valence-corrected chi connectivity index (χ3v) is 3.62. The average Bonchev–Trinajstić information content (AvgIpc) is 2.38. The minimum Gasteiger partial charge on any atom is -0.396 e. The summed E-state index contributed by atoms with van der Waals surface area (Å²) in [4.78, 5) is 0. The van der Waals surface area contributed by atoms with E-state index in [2.05, 4.69) is 19.1 Å². The smallest absolute Gasteiger partial charge is 0.163 e. The van der Waals surface area contributed by atoms with Crippen LogP contribution in [0.2, 0.25) is 0 Å². The van der Waals surface area contributed by atoms with E-state index in [4.69, 9.17) is 9.47 Å². The summed E-state index contributed by atoms with van der Waals surface area (Å²) in [6.45, 7) is 6.11. The Morgan fingerprint density at radius 3 is 2.42 bits per heavy atom. The maximum atomic E-state index is 9.73. The highest BCUT2D eigenvalue weighted by atomic mass is 16.7. The largest absolute Gasteiger partial charge is 0.396 e. The van der Waals surface area contributed by atoms with Gasteiger partial charge in [0.15, 0.2) is 5.79 Å². The van der Waals surface area contributed by atoms with Crippen LogP contribution in [0.5, 0.6) is 0 Å². The molecule has 0 aromatic heterocycles. The molecule has 0 bridgehead atoms. The molecule has 1 aliphatic heterocycles. The second kappa shape index (κ2) is 6.04. The summed E-state index contributed by atoms with van der Waals surface area (Å²) >= 11 is 0. The topological polar surface area (TPSA) is 38.7 Å². The molecule has 0 saturated carbocycles. The molecule has 3 nitrogen and oxygen atoms in total. The second-order valence-electron chi connectivity index (χ2n) is 5.64. The normalized spacial score (nSPS) is 30.2. The number of aliphatic hydroxyl groups is 1. The lowest BCUT2D eigenvalue weighted by atomic mass is 9.87. The number of hydrogen-bond acceptors (Lipinski definition) is 3. The van der Waals surface area contributed by atoms with Crippen molar-refractivity contribution < 1.29 is 14.6 Å². The molecule has 0 spiro atoms. The molecule has 1 N–H and O–H groups in total. The van der Waals surface area contributed by atoms with Crippen molar-refractivity contribution in [2.24, 2.45) is 5.92 Å². The maximum Gasteiger partial charge on any atom is 0.163 e. The van der Waals surface area contributed by atoms with Gasteiger partial charge in [-0.3, -0.25) is 0 Å². The van der Waals surface area contributed by atoms with Gasteiger partial charge in [0.25, 0.3) is 0 Å². The Labute approximate surface area is 115 Å². The Morgan fingerprint density at radius 1 is 1.16 bits per heavy atom. The predicted molar refractivity (Wildman–Crippen MR) is 74.7 cm³/mol. The zero-order chi connectivity index (χ0) is 13.9. The van der Waals surface area contributed by atoms with Crippen LogP contribution in [0.25, 0.3) is 0 Å². The van der Waals surface area contributed by atoms with Crippen molar-refractivity contribution >= 4 is 0 Å². The Hall–Kier alpha value is -0.900. The van der Waals surface area contributed by atoms with E-state index < -0.39 is 5.79 Å². The van der Waals surface area contributed by atoms with Crippen molar-refractivity contribution in [1.29, 1.82) is 0 Å². The summed E-state index contributed by atoms with van der Waals surface area (Å²) < 4.78 is 12.0. The summed E-state index contributed by atoms with van der Waals surface area (Å²) in [6, 6.07) is 10.1. The molecule has 0 aliphatic carbocycles. The van der Waals surface area contributed by atoms with Gasteiger partial charge in [0, 0.05) is 5.92 Å². The Morgan fingerprint density at radius 2 is 1.84 bits per heavy atom. The molecule has 19 heavy (non-hydrogen) atoms. The minimum atomic E-state index is -0.605. The highest BCUT2D eigenvalue weighted by molar-refractivity contribution is 5.19. The zero-order valence-corrected chi connectivity index (χ0v) is 12.0. The number of benzene rings is 1. The molecule has 0 radical (unpaired) electrons. The number of ether oxygens (including phenoxy) is 2. The zero-order valence-electron chi connectivity index (χ0n) is 12.0. The quantitative estimate of drug-likeness (QED) is 0.907. The van der Waals surface area contributed by atoms with Crippen LogP contribution in [-0.2, 0) is 9.47 Å². The number of rotatable bonds is 4. The predicted octanol–water partition coefficient (Wildman–Crippen LogP) is 3.29. The van der Waals surface area contributed by atoms with Crippen LogP contribution in [0.3, 0.4) is 0 Å². The van der Waals surface area contributed by atoms with Crippen molar-refractivity contribution in [3.63, 3.8) is 0 Å². The highest BCUT2D eigenvalue weighted by Gasteiger charge is 2.42. The molecule has 1 aliphatic rings. The molecular formula is C16H24O3. The first-order valence-corrected chi connectivity index (χ1v) is 7.09. The van der Waals surface area contributed by atoms with E-state index in [1.165, 1.54) is 0 Å². The summed E-state index contributed by atoms with van der Waals surface area (Å²) in [5.74, 6) is -0.609. The van der Waals surface area contributed by atoms with E-state index in [1.54, 1.807) is 0 Å². The lowest BCUT2D eigenvalue weighted by molar-refractivity contribution is -0.328. The van der Waals surface area contributed by atoms with E-state index in [-0.39, 0.29) is 24.7 Å². The average molecular weight is 264 g/mol. The molecule has 2 rings (SSSR count). The van der Waals surface area contributed by atoms with Crippen LogP contribution in [0, 0.1) is 5.92 Å². The third-order valence-electron chi connectivity index (χ3n) is 3.62. The lowest BCUT2D eigenvalue weighted by Gasteiger charge is -2.45. The lowest BCUT2D eigenvalue weighted by Crippen LogP contribution is -2.48. The fraction of sp³-hybridized carbons (Fsp3) is 0.625. The standard InChI is InChI=1S/C16H24O3/c1-4-8-14-13(11-17)15(19-16(2,3)18-14)12-9-6-5-7-10-12/h5-7,9-10,13-15,17H,4,8,11H2,1-3H3/t13-,14-,15-/m0/s1. The molecule has 1 aromatic rings. The van der Waals surface area contributed by atoms with Crippen molar-refractivity contribution in [3.05, 3.63) is 35.9 Å². The van der Waals surface area contributed by atoms with E-state index >= 15 is 0 Å². The van der Waals surface area contributed by atoms with E-state index in [0.717, 1.165) is 18.4 Å². The molecular weight excluding hydrogens is 240 g/mol. The van der Waals surface area contributed by atoms with Crippen LogP contribution in [0.4, 0.5) is 0 Å². The molecule has 1 aromatic carbocycles. The van der Waals surface area contributed by atoms with Crippen LogP contribution >= 0.6 is 0 Å². The first-order valence-electron chi connectivity index (χ1n) is 7.09. The van der Waals surface area contributed by atoms with E-state index in [9.17, 15) is 5.11 Å². The van der Waals surface area contributed by atoms with Gasteiger partial charge in [-0.1, -0.05) is 43.7 Å². The monoisotopic (exact) mass is 264 g/mol. The molecule has 0 amide bonds. The van der Waals surface area contributed by atoms with Gasteiger partial charge in [0.2, 0.25) is 0 Å². The molecule has 0 unspecified atom stereocenters. The third kappa shape index (κ3) is 3.35. The first-order chi connectivity index (χ1) is 9.07. The summed E-state index contributed by atoms with van der Waals surface area (Å²) in [5, 5.41) is 9.73. The summed E-state index contributed by atoms with van der Waals surface area (Å²) in [5.41, 5.74) is 1.11. The first kappa shape index (κ1) is 14.5. The Kier molecular flexibility index (Phi) is 4.61. The molecule has 106 valence electrons. The summed E-state index contributed by atoms with van der Waals surface area (Å²) in [6.07, 6.45) is 1.93. The van der Waals surface area contributed by atoms with Crippen LogP contribution < -0.4 is 0 Å². The van der Waals surface area contributed by atoms with Gasteiger partial charge in [-0.15, -0.1) is 0 Å². The molecule has 1 fully saturated rings. The maximum absolute atomic E-state index is 9.73. The van der Waals surface area contributed by atoms with Crippen molar-refractivity contribution in [2.75, 3.05) is 6.61 Å². The Bertz CT molecular complexity index is 388. The van der Waals surface area contributed by atoms with Gasteiger partial charge in [-0.2, -0.15) is 0 Å². The fourth-order valence-corrected chi connectivity index (χ4v) is 2.80. The second-order valence-corrected chi connectivity index (χ2v) is 5.64. The van der Waals surface area contributed by atoms with Crippen LogP contribution in [0.15, 0.2) is 30.3 Å². The van der Waals surface area contributed by atoms with Crippen molar-refractivity contribution in [3.8, 4) is 0 Å². The van der Waals surface area contributed by atoms with Crippen molar-refractivity contribution in [1.82, 2.24) is 0 Å². The van der Waals surface area contributed by atoms with E-state index in [0.29, 0.717) is 0 Å². The molecule has 1 saturated heterocycles. The molecule has 3 atom stereocenters. The molecule has 3 heteroatoms. The van der Waals surface area contributed by atoms with Gasteiger partial charge < -0.3 is 14.6 Å². The van der Waals surface area contributed by atoms with Crippen LogP contribution in [-0.4, -0.2) is 23.6 Å². The van der Waals surface area contributed by atoms with Gasteiger partial charge in [0.1, 0.15) is 0 Å². The number of aliphatic hydroxyl groups excluding tert-OH is 1. The van der Waals surface area contributed by atoms with Gasteiger partial charge in [0.05, 0.1) is 18.8 Å². The number of hydrogen-bond donors (Lipinski definition) is 1. The van der Waals surface area contributed by atoms with Gasteiger partial charge >= 0.3 is 0 Å². The minimum absolute atomic E-state index is 0.00428. The highest BCUT2D eigenvalue weighted by Crippen LogP contribution is 2.41. The van der Waals surface area contributed by atoms with Crippen LogP contribution in [0.1, 0.15) is 45.3 Å². The van der Waals surface area contributed by atoms with E-state index in [1.807, 2.05) is 32.0 Å². The summed E-state index contributed by atoms with van der Waals surface area (Å²) in [7, 11) is 0. The Balaban J connectivity index is 2.28. The fourth-order valence-electron chi connectivity index (χ4n) is 2.80. The van der Waals surface area contributed by atoms with Crippen molar-refractivity contribution in [2.45, 2.75) is 51.6 Å². The van der Waals surface area contributed by atoms with Gasteiger partial charge in [-0.25, -0.2) is 0 Å².